The molecule has 0 aliphatic heterocycles. The van der Waals surface area contributed by atoms with Gasteiger partial charge >= 0.3 is 0 Å². The Bertz CT molecular complexity index is 267. The minimum atomic E-state index is 0.857. The van der Waals surface area contributed by atoms with Crippen molar-refractivity contribution in [2.24, 2.45) is 23.7 Å². The molecule has 0 spiro atoms. The Balaban J connectivity index is 1.66. The highest BCUT2D eigenvalue weighted by Gasteiger charge is 2.30. The van der Waals surface area contributed by atoms with Crippen LogP contribution in [-0.4, -0.2) is 13.2 Å². The van der Waals surface area contributed by atoms with Crippen molar-refractivity contribution in [2.45, 2.75) is 71.6 Å². The van der Waals surface area contributed by atoms with Crippen LogP contribution in [0.2, 0.25) is 0 Å². The smallest absolute Gasteiger partial charge is 0.0494 e. The molecule has 0 atom stereocenters. The predicted molar refractivity (Wildman–Crippen MR) is 86.8 cm³/mol. The van der Waals surface area contributed by atoms with E-state index < -0.39 is 0 Å². The lowest BCUT2D eigenvalue weighted by molar-refractivity contribution is 0.0727. The summed E-state index contributed by atoms with van der Waals surface area (Å²) in [7, 11) is 0. The average Bonchev–Trinajstić information content (AvgIpc) is 2.52. The molecule has 0 N–H and O–H groups in total. The van der Waals surface area contributed by atoms with E-state index in [0.29, 0.717) is 0 Å². The molecule has 0 aromatic heterocycles. The van der Waals surface area contributed by atoms with Gasteiger partial charge in [0.1, 0.15) is 0 Å². The van der Waals surface area contributed by atoms with E-state index in [1.54, 1.807) is 0 Å². The summed E-state index contributed by atoms with van der Waals surface area (Å²) in [6.07, 6.45) is 17.7. The van der Waals surface area contributed by atoms with E-state index in [1.807, 2.05) is 0 Å². The molecule has 0 unspecified atom stereocenters. The number of ether oxygens (including phenoxy) is 1. The van der Waals surface area contributed by atoms with Crippen molar-refractivity contribution in [3.63, 3.8) is 0 Å². The van der Waals surface area contributed by atoms with Crippen molar-refractivity contribution >= 4 is 0 Å². The predicted octanol–water partition coefficient (Wildman–Crippen LogP) is 5.60. The topological polar surface area (TPSA) is 9.23 Å². The van der Waals surface area contributed by atoms with Crippen LogP contribution in [0.4, 0.5) is 0 Å². The van der Waals surface area contributed by atoms with Gasteiger partial charge in [-0.3, -0.25) is 0 Å². The van der Waals surface area contributed by atoms with Gasteiger partial charge in [-0.15, -0.1) is 0 Å². The molecule has 0 amide bonds. The second-order valence-corrected chi connectivity index (χ2v) is 6.95. The van der Waals surface area contributed by atoms with Gasteiger partial charge in [0.15, 0.2) is 0 Å². The first-order valence-corrected chi connectivity index (χ1v) is 9.07. The van der Waals surface area contributed by atoms with Crippen molar-refractivity contribution in [2.75, 3.05) is 13.2 Å². The van der Waals surface area contributed by atoms with Crippen LogP contribution in [0.1, 0.15) is 71.6 Å². The molecule has 0 bridgehead atoms. The van der Waals surface area contributed by atoms with Gasteiger partial charge < -0.3 is 4.74 Å². The first kappa shape index (κ1) is 16.1. The first-order chi connectivity index (χ1) is 9.83. The Morgan fingerprint density at radius 1 is 0.850 bits per heavy atom. The molecule has 2 fully saturated rings. The minimum Gasteiger partial charge on any atom is -0.381 e. The van der Waals surface area contributed by atoms with Crippen LogP contribution in [0.15, 0.2) is 12.2 Å². The molecule has 2 saturated carbocycles. The molecule has 20 heavy (non-hydrogen) atoms. The normalized spacial score (nSPS) is 35.5. The van der Waals surface area contributed by atoms with Gasteiger partial charge in [0.25, 0.3) is 0 Å². The van der Waals surface area contributed by atoms with Crippen molar-refractivity contribution in [3.8, 4) is 0 Å². The summed E-state index contributed by atoms with van der Waals surface area (Å²) < 4.78 is 5.60. The first-order valence-electron chi connectivity index (χ1n) is 9.07. The maximum atomic E-state index is 5.60. The molecule has 0 heterocycles. The van der Waals surface area contributed by atoms with E-state index in [4.69, 9.17) is 4.74 Å². The Morgan fingerprint density at radius 2 is 1.45 bits per heavy atom. The highest BCUT2D eigenvalue weighted by molar-refractivity contribution is 4.91. The Kier molecular flexibility index (Phi) is 7.13. The Hall–Kier alpha value is -0.300. The van der Waals surface area contributed by atoms with Crippen molar-refractivity contribution in [1.82, 2.24) is 0 Å². The SMILES string of the molecule is CC/C=C/[C@H]1CC[C@H](C2CCC(COCC)CC2)CC1. The Labute approximate surface area is 126 Å². The lowest BCUT2D eigenvalue weighted by Crippen LogP contribution is -2.26. The largest absolute Gasteiger partial charge is 0.381 e. The fourth-order valence-corrected chi connectivity index (χ4v) is 4.25. The molecule has 1 heteroatoms. The van der Waals surface area contributed by atoms with Crippen LogP contribution in [0.25, 0.3) is 0 Å². The molecule has 2 aliphatic carbocycles. The van der Waals surface area contributed by atoms with Crippen LogP contribution < -0.4 is 0 Å². The summed E-state index contributed by atoms with van der Waals surface area (Å²) in [5, 5.41) is 0. The van der Waals surface area contributed by atoms with Crippen LogP contribution in [-0.2, 0) is 4.74 Å². The van der Waals surface area contributed by atoms with E-state index in [9.17, 15) is 0 Å². The molecular weight excluding hydrogens is 244 g/mol. The maximum Gasteiger partial charge on any atom is 0.0494 e. The van der Waals surface area contributed by atoms with Crippen LogP contribution in [0.3, 0.4) is 0 Å². The zero-order valence-corrected chi connectivity index (χ0v) is 13.7. The van der Waals surface area contributed by atoms with Crippen molar-refractivity contribution in [3.05, 3.63) is 12.2 Å². The molecule has 0 saturated heterocycles. The quantitative estimate of drug-likeness (QED) is 0.574. The summed E-state index contributed by atoms with van der Waals surface area (Å²) in [5.74, 6) is 3.81. The third-order valence-corrected chi connectivity index (χ3v) is 5.58. The highest BCUT2D eigenvalue weighted by atomic mass is 16.5. The summed E-state index contributed by atoms with van der Waals surface area (Å²) >= 11 is 0. The molecule has 2 rings (SSSR count). The molecule has 1 nitrogen and oxygen atoms in total. The molecule has 0 aromatic carbocycles. The van der Waals surface area contributed by atoms with Gasteiger partial charge in [0, 0.05) is 13.2 Å². The van der Waals surface area contributed by atoms with Gasteiger partial charge in [0.05, 0.1) is 0 Å². The summed E-state index contributed by atoms with van der Waals surface area (Å²) in [6.45, 7) is 6.24. The molecule has 2 aliphatic rings. The lowest BCUT2D eigenvalue weighted by atomic mass is 9.69. The Morgan fingerprint density at radius 3 is 2.00 bits per heavy atom. The zero-order valence-electron chi connectivity index (χ0n) is 13.7. The van der Waals surface area contributed by atoms with Crippen molar-refractivity contribution in [1.29, 1.82) is 0 Å². The summed E-state index contributed by atoms with van der Waals surface area (Å²) in [5.41, 5.74) is 0. The van der Waals surface area contributed by atoms with Gasteiger partial charge in [-0.2, -0.15) is 0 Å². The molecule has 116 valence electrons. The van der Waals surface area contributed by atoms with E-state index in [-0.39, 0.29) is 0 Å². The van der Waals surface area contributed by atoms with Crippen LogP contribution in [0, 0.1) is 23.7 Å². The van der Waals surface area contributed by atoms with Crippen LogP contribution in [0.5, 0.6) is 0 Å². The monoisotopic (exact) mass is 278 g/mol. The fourth-order valence-electron chi connectivity index (χ4n) is 4.25. The van der Waals surface area contributed by atoms with Crippen LogP contribution >= 0.6 is 0 Å². The standard InChI is InChI=1S/C19H34O/c1-3-5-6-16-7-11-18(12-8-16)19-13-9-17(10-14-19)15-20-4-2/h5-6,16-19H,3-4,7-15H2,1-2H3/b6-5+/t16-,17?,18-,19?. The summed E-state index contributed by atoms with van der Waals surface area (Å²) in [6, 6.07) is 0. The molecule has 0 aromatic rings. The van der Waals surface area contributed by atoms with Gasteiger partial charge in [-0.1, -0.05) is 19.1 Å². The highest BCUT2D eigenvalue weighted by Crippen LogP contribution is 2.41. The van der Waals surface area contributed by atoms with Gasteiger partial charge in [-0.05, 0) is 88.4 Å². The van der Waals surface area contributed by atoms with E-state index in [2.05, 4.69) is 26.0 Å². The lowest BCUT2D eigenvalue weighted by Gasteiger charge is -2.37. The van der Waals surface area contributed by atoms with Gasteiger partial charge in [-0.25, -0.2) is 0 Å². The molecule has 0 radical (unpaired) electrons. The van der Waals surface area contributed by atoms with E-state index >= 15 is 0 Å². The van der Waals surface area contributed by atoms with E-state index in [0.717, 1.165) is 36.9 Å². The maximum absolute atomic E-state index is 5.60. The number of hydrogen-bond donors (Lipinski definition) is 0. The number of hydrogen-bond acceptors (Lipinski definition) is 1. The van der Waals surface area contributed by atoms with Crippen molar-refractivity contribution < 1.29 is 4.74 Å². The third-order valence-electron chi connectivity index (χ3n) is 5.58. The van der Waals surface area contributed by atoms with E-state index in [1.165, 1.54) is 57.8 Å². The number of rotatable bonds is 6. The van der Waals surface area contributed by atoms with Gasteiger partial charge in [0.2, 0.25) is 0 Å². The second-order valence-electron chi connectivity index (χ2n) is 6.95. The average molecular weight is 278 g/mol. The fraction of sp³-hybridized carbons (Fsp3) is 0.895. The second kappa shape index (κ2) is 8.87. The summed E-state index contributed by atoms with van der Waals surface area (Å²) in [4.78, 5) is 0. The number of allylic oxidation sites excluding steroid dienone is 2. The third kappa shape index (κ3) is 4.91. The zero-order chi connectivity index (χ0) is 14.2. The minimum absolute atomic E-state index is 0.857. The molecular formula is C19H34O.